The molecule has 1 aromatic rings. The maximum Gasteiger partial charge on any atom is 0.400 e. The lowest BCUT2D eigenvalue weighted by atomic mass is 10.2. The molecule has 2 heterocycles. The van der Waals surface area contributed by atoms with Gasteiger partial charge in [0.15, 0.2) is 0 Å². The Labute approximate surface area is 99.1 Å². The van der Waals surface area contributed by atoms with Crippen molar-refractivity contribution >= 4 is 33.0 Å². The Morgan fingerprint density at radius 3 is 2.87 bits per heavy atom. The van der Waals surface area contributed by atoms with E-state index < -0.39 is 22.5 Å². The number of hydrogen-bond donors (Lipinski definition) is 0. The van der Waals surface area contributed by atoms with Gasteiger partial charge in [-0.3, -0.25) is 0 Å². The van der Waals surface area contributed by atoms with E-state index in [1.165, 1.54) is 12.3 Å². The standard InChI is InChI=1S/C7H5FINO4S/c8-7-1-5(9)4(2-10-7)6-3-13-15(11,12)14-6/h1-2,6H,3H2. The molecule has 0 radical (unpaired) electrons. The fourth-order valence-electron chi connectivity index (χ4n) is 1.14. The molecule has 8 heteroatoms. The zero-order chi connectivity index (χ0) is 11.1. The first-order valence-electron chi connectivity index (χ1n) is 3.86. The Morgan fingerprint density at radius 2 is 2.33 bits per heavy atom. The van der Waals surface area contributed by atoms with Crippen molar-refractivity contribution in [3.63, 3.8) is 0 Å². The summed E-state index contributed by atoms with van der Waals surface area (Å²) in [6, 6.07) is 1.20. The molecule has 0 aromatic carbocycles. The minimum Gasteiger partial charge on any atom is -0.245 e. The average molecular weight is 345 g/mol. The molecule has 1 aromatic heterocycles. The largest absolute Gasteiger partial charge is 0.400 e. The molecule has 2 rings (SSSR count). The zero-order valence-electron chi connectivity index (χ0n) is 7.18. The molecular weight excluding hydrogens is 340 g/mol. The van der Waals surface area contributed by atoms with Crippen LogP contribution >= 0.6 is 22.6 Å². The van der Waals surface area contributed by atoms with Gasteiger partial charge in [-0.2, -0.15) is 12.8 Å². The predicted octanol–water partition coefficient (Wildman–Crippen LogP) is 1.16. The smallest absolute Gasteiger partial charge is 0.245 e. The molecular formula is C7H5FINO4S. The van der Waals surface area contributed by atoms with Crippen molar-refractivity contribution < 1.29 is 21.2 Å². The van der Waals surface area contributed by atoms with Crippen molar-refractivity contribution in [3.8, 4) is 0 Å². The molecule has 5 nitrogen and oxygen atoms in total. The van der Waals surface area contributed by atoms with E-state index in [4.69, 9.17) is 0 Å². The number of pyridine rings is 1. The normalized spacial score (nSPS) is 24.3. The van der Waals surface area contributed by atoms with E-state index in [1.807, 2.05) is 22.6 Å². The van der Waals surface area contributed by atoms with Crippen molar-refractivity contribution in [1.29, 1.82) is 0 Å². The Kier molecular flexibility index (Phi) is 2.92. The molecule has 0 N–H and O–H groups in total. The second-order valence-electron chi connectivity index (χ2n) is 2.81. The molecule has 0 amide bonds. The number of rotatable bonds is 1. The predicted molar refractivity (Wildman–Crippen MR) is 55.6 cm³/mol. The van der Waals surface area contributed by atoms with Crippen LogP contribution in [-0.2, 0) is 18.8 Å². The van der Waals surface area contributed by atoms with Crippen LogP contribution in [0.3, 0.4) is 0 Å². The summed E-state index contributed by atoms with van der Waals surface area (Å²) in [6.07, 6.45) is 0.501. The highest BCUT2D eigenvalue weighted by Gasteiger charge is 2.32. The van der Waals surface area contributed by atoms with Gasteiger partial charge in [-0.15, -0.1) is 0 Å². The van der Waals surface area contributed by atoms with Crippen LogP contribution in [-0.4, -0.2) is 20.0 Å². The first-order chi connectivity index (χ1) is 6.98. The van der Waals surface area contributed by atoms with Gasteiger partial charge in [-0.1, -0.05) is 0 Å². The summed E-state index contributed by atoms with van der Waals surface area (Å²) in [6.45, 7) is -0.106. The Bertz CT molecular complexity index is 492. The summed E-state index contributed by atoms with van der Waals surface area (Å²) in [5.41, 5.74) is 0.498. The molecule has 0 saturated carbocycles. The molecule has 1 atom stereocenters. The van der Waals surface area contributed by atoms with E-state index in [2.05, 4.69) is 13.4 Å². The summed E-state index contributed by atoms with van der Waals surface area (Å²) in [5, 5.41) is 0. The van der Waals surface area contributed by atoms with Gasteiger partial charge in [0.25, 0.3) is 0 Å². The van der Waals surface area contributed by atoms with Gasteiger partial charge in [0.2, 0.25) is 5.95 Å². The Morgan fingerprint density at radius 1 is 1.60 bits per heavy atom. The van der Waals surface area contributed by atoms with Crippen LogP contribution in [0.2, 0.25) is 0 Å². The fraction of sp³-hybridized carbons (Fsp3) is 0.286. The lowest BCUT2D eigenvalue weighted by Crippen LogP contribution is -2.04. The summed E-state index contributed by atoms with van der Waals surface area (Å²) < 4.78 is 44.0. The second-order valence-corrected chi connectivity index (χ2v) is 5.21. The maximum atomic E-state index is 12.7. The highest BCUT2D eigenvalue weighted by molar-refractivity contribution is 14.1. The molecule has 0 spiro atoms. The molecule has 1 saturated heterocycles. The van der Waals surface area contributed by atoms with Crippen molar-refractivity contribution in [2.45, 2.75) is 6.10 Å². The molecule has 82 valence electrons. The van der Waals surface area contributed by atoms with Crippen LogP contribution in [0.15, 0.2) is 12.3 Å². The first kappa shape index (κ1) is 11.2. The SMILES string of the molecule is O=S1(=O)OCC(c2cnc(F)cc2I)O1. The number of halogens is 2. The van der Waals surface area contributed by atoms with Gasteiger partial charge in [0.1, 0.15) is 12.7 Å². The Balaban J connectivity index is 2.32. The van der Waals surface area contributed by atoms with Crippen LogP contribution in [0.25, 0.3) is 0 Å². The minimum absolute atomic E-state index is 0.106. The van der Waals surface area contributed by atoms with Crippen LogP contribution in [0.1, 0.15) is 11.7 Å². The topological polar surface area (TPSA) is 65.5 Å². The summed E-state index contributed by atoms with van der Waals surface area (Å²) >= 11 is 1.88. The van der Waals surface area contributed by atoms with Gasteiger partial charge in [-0.25, -0.2) is 13.4 Å². The van der Waals surface area contributed by atoms with E-state index in [-0.39, 0.29) is 6.61 Å². The highest BCUT2D eigenvalue weighted by Crippen LogP contribution is 2.30. The molecule has 15 heavy (non-hydrogen) atoms. The second kappa shape index (κ2) is 3.92. The van der Waals surface area contributed by atoms with E-state index in [1.54, 1.807) is 0 Å². The van der Waals surface area contributed by atoms with Gasteiger partial charge < -0.3 is 0 Å². The average Bonchev–Trinajstić information content (AvgIpc) is 2.46. The van der Waals surface area contributed by atoms with Crippen molar-refractivity contribution in [1.82, 2.24) is 4.98 Å². The first-order valence-corrected chi connectivity index (χ1v) is 6.28. The monoisotopic (exact) mass is 345 g/mol. The quantitative estimate of drug-likeness (QED) is 0.565. The number of nitrogens with zero attached hydrogens (tertiary/aromatic N) is 1. The maximum absolute atomic E-state index is 12.7. The lowest BCUT2D eigenvalue weighted by Gasteiger charge is -2.07. The summed E-state index contributed by atoms with van der Waals surface area (Å²) in [7, 11) is -3.90. The van der Waals surface area contributed by atoms with Gasteiger partial charge in [0, 0.05) is 21.4 Å². The fourth-order valence-corrected chi connectivity index (χ4v) is 2.67. The third kappa shape index (κ3) is 2.44. The number of hydrogen-bond acceptors (Lipinski definition) is 5. The third-order valence-electron chi connectivity index (χ3n) is 1.79. The lowest BCUT2D eigenvalue weighted by molar-refractivity contribution is 0.240. The van der Waals surface area contributed by atoms with E-state index >= 15 is 0 Å². The van der Waals surface area contributed by atoms with Crippen LogP contribution in [0.4, 0.5) is 4.39 Å². The highest BCUT2D eigenvalue weighted by atomic mass is 127. The van der Waals surface area contributed by atoms with Crippen molar-refractivity contribution in [2.24, 2.45) is 0 Å². The molecule has 1 unspecified atom stereocenters. The van der Waals surface area contributed by atoms with E-state index in [0.29, 0.717) is 9.13 Å². The van der Waals surface area contributed by atoms with Crippen LogP contribution < -0.4 is 0 Å². The van der Waals surface area contributed by atoms with Crippen molar-refractivity contribution in [2.75, 3.05) is 6.61 Å². The van der Waals surface area contributed by atoms with Crippen LogP contribution in [0, 0.1) is 9.52 Å². The van der Waals surface area contributed by atoms with E-state index in [0.717, 1.165) is 0 Å². The zero-order valence-corrected chi connectivity index (χ0v) is 10.2. The minimum atomic E-state index is -3.90. The molecule has 1 aliphatic heterocycles. The Hall–Kier alpha value is -0.320. The molecule has 1 aliphatic rings. The number of aromatic nitrogens is 1. The third-order valence-corrected chi connectivity index (χ3v) is 3.62. The molecule has 0 aliphatic carbocycles. The summed E-state index contributed by atoms with van der Waals surface area (Å²) in [4.78, 5) is 3.43. The van der Waals surface area contributed by atoms with E-state index in [9.17, 15) is 12.8 Å². The molecule has 0 bridgehead atoms. The van der Waals surface area contributed by atoms with Crippen molar-refractivity contribution in [3.05, 3.63) is 27.3 Å². The van der Waals surface area contributed by atoms with Gasteiger partial charge >= 0.3 is 10.4 Å². The summed E-state index contributed by atoms with van der Waals surface area (Å²) in [5.74, 6) is -0.620. The molecule has 1 fully saturated rings. The van der Waals surface area contributed by atoms with Crippen LogP contribution in [0.5, 0.6) is 0 Å². The van der Waals surface area contributed by atoms with Gasteiger partial charge in [0.05, 0.1) is 0 Å². The van der Waals surface area contributed by atoms with Gasteiger partial charge in [-0.05, 0) is 22.6 Å².